The van der Waals surface area contributed by atoms with Crippen LogP contribution in [-0.4, -0.2) is 72.2 Å². The molecule has 0 bridgehead atoms. The van der Waals surface area contributed by atoms with Gasteiger partial charge in [0, 0.05) is 26.1 Å². The number of β-amino-alcohol motifs (C(OH)–C–C–N with tert-alkyl or cyclic N) is 1. The maximum Gasteiger partial charge on any atom is 0.323 e. The summed E-state index contributed by atoms with van der Waals surface area (Å²) < 4.78 is 4.68. The van der Waals surface area contributed by atoms with Crippen molar-refractivity contribution < 1.29 is 19.4 Å². The topological polar surface area (TPSA) is 70.1 Å². The Kier molecular flexibility index (Phi) is 3.63. The van der Waals surface area contributed by atoms with Crippen LogP contribution in [0.4, 0.5) is 0 Å². The Hall–Kier alpha value is -1.14. The minimum atomic E-state index is -0.553. The van der Waals surface area contributed by atoms with Crippen molar-refractivity contribution in [2.24, 2.45) is 0 Å². The summed E-state index contributed by atoms with van der Waals surface area (Å²) in [4.78, 5) is 26.8. The molecule has 0 radical (unpaired) electrons. The molecule has 6 heteroatoms. The zero-order chi connectivity index (χ0) is 12.4. The van der Waals surface area contributed by atoms with E-state index in [1.54, 1.807) is 9.80 Å². The lowest BCUT2D eigenvalue weighted by atomic mass is 10.2. The van der Waals surface area contributed by atoms with Gasteiger partial charge in [-0.15, -0.1) is 0 Å². The van der Waals surface area contributed by atoms with Gasteiger partial charge in [-0.1, -0.05) is 0 Å². The van der Waals surface area contributed by atoms with Crippen LogP contribution in [0.3, 0.4) is 0 Å². The smallest absolute Gasteiger partial charge is 0.323 e. The fourth-order valence-corrected chi connectivity index (χ4v) is 2.27. The molecule has 2 heterocycles. The fourth-order valence-electron chi connectivity index (χ4n) is 2.27. The van der Waals surface area contributed by atoms with E-state index in [-0.39, 0.29) is 18.4 Å². The number of carbonyl (C=O) groups excluding carboxylic acids is 2. The van der Waals surface area contributed by atoms with E-state index in [2.05, 4.69) is 4.74 Å². The summed E-state index contributed by atoms with van der Waals surface area (Å²) in [6.07, 6.45) is 0.845. The summed E-state index contributed by atoms with van der Waals surface area (Å²) in [6, 6.07) is -0.486. The van der Waals surface area contributed by atoms with Crippen LogP contribution in [0.25, 0.3) is 0 Å². The molecule has 2 unspecified atom stereocenters. The summed E-state index contributed by atoms with van der Waals surface area (Å²) in [6.45, 7) is 2.16. The number of hydrogen-bond donors (Lipinski definition) is 1. The van der Waals surface area contributed by atoms with Crippen LogP contribution in [-0.2, 0) is 14.3 Å². The van der Waals surface area contributed by atoms with Crippen LogP contribution in [0.1, 0.15) is 12.8 Å². The lowest BCUT2D eigenvalue weighted by Gasteiger charge is -2.33. The molecule has 2 aliphatic rings. The van der Waals surface area contributed by atoms with Crippen molar-refractivity contribution in [2.45, 2.75) is 25.0 Å². The zero-order valence-corrected chi connectivity index (χ0v) is 9.96. The van der Waals surface area contributed by atoms with Crippen LogP contribution >= 0.6 is 0 Å². The van der Waals surface area contributed by atoms with Gasteiger partial charge in [-0.25, -0.2) is 0 Å². The molecule has 0 aromatic heterocycles. The van der Waals surface area contributed by atoms with Gasteiger partial charge in [0.2, 0.25) is 5.91 Å². The molecule has 2 aliphatic heterocycles. The van der Waals surface area contributed by atoms with Gasteiger partial charge in [0.1, 0.15) is 6.04 Å². The van der Waals surface area contributed by atoms with E-state index < -0.39 is 12.1 Å². The Balaban J connectivity index is 1.93. The second kappa shape index (κ2) is 5.01. The van der Waals surface area contributed by atoms with Crippen molar-refractivity contribution in [3.05, 3.63) is 0 Å². The molecule has 2 rings (SSSR count). The third-order valence-corrected chi connectivity index (χ3v) is 3.40. The number of methoxy groups -OCH3 is 1. The SMILES string of the molecule is COC(=O)C1CC(O)CN1CC(=O)N1CCC1. The Bertz CT molecular complexity index is 317. The first kappa shape index (κ1) is 12.3. The Morgan fingerprint density at radius 3 is 2.65 bits per heavy atom. The van der Waals surface area contributed by atoms with Crippen molar-refractivity contribution in [1.82, 2.24) is 9.80 Å². The molecule has 6 nitrogen and oxygen atoms in total. The quantitative estimate of drug-likeness (QED) is 0.631. The molecule has 0 aliphatic carbocycles. The number of rotatable bonds is 3. The third-order valence-electron chi connectivity index (χ3n) is 3.40. The summed E-state index contributed by atoms with van der Waals surface area (Å²) in [5.41, 5.74) is 0. The van der Waals surface area contributed by atoms with E-state index in [9.17, 15) is 14.7 Å². The van der Waals surface area contributed by atoms with Crippen molar-refractivity contribution in [3.63, 3.8) is 0 Å². The molecule has 1 amide bonds. The van der Waals surface area contributed by atoms with Crippen molar-refractivity contribution in [2.75, 3.05) is 33.3 Å². The molecule has 0 spiro atoms. The summed E-state index contributed by atoms with van der Waals surface area (Å²) in [5, 5.41) is 9.56. The molecule has 0 saturated carbocycles. The number of hydrogen-bond acceptors (Lipinski definition) is 5. The molecule has 2 fully saturated rings. The predicted molar refractivity (Wildman–Crippen MR) is 59.2 cm³/mol. The number of amides is 1. The van der Waals surface area contributed by atoms with Gasteiger partial charge in [-0.05, 0) is 6.42 Å². The minimum Gasteiger partial charge on any atom is -0.468 e. The maximum atomic E-state index is 11.8. The molecule has 96 valence electrons. The third kappa shape index (κ3) is 2.58. The molecular weight excluding hydrogens is 224 g/mol. The molecule has 0 aromatic rings. The van der Waals surface area contributed by atoms with Crippen molar-refractivity contribution in [1.29, 1.82) is 0 Å². The Morgan fingerprint density at radius 2 is 2.12 bits per heavy atom. The number of aliphatic hydroxyl groups excluding tert-OH is 1. The largest absolute Gasteiger partial charge is 0.468 e. The van der Waals surface area contributed by atoms with Crippen LogP contribution in [0.15, 0.2) is 0 Å². The minimum absolute atomic E-state index is 0.0271. The van der Waals surface area contributed by atoms with Crippen LogP contribution in [0.5, 0.6) is 0 Å². The monoisotopic (exact) mass is 242 g/mol. The van der Waals surface area contributed by atoms with Crippen LogP contribution < -0.4 is 0 Å². The van der Waals surface area contributed by atoms with E-state index in [1.807, 2.05) is 0 Å². The number of carbonyl (C=O) groups is 2. The first-order valence-electron chi connectivity index (χ1n) is 5.89. The highest BCUT2D eigenvalue weighted by atomic mass is 16.5. The summed E-state index contributed by atoms with van der Waals surface area (Å²) in [7, 11) is 1.32. The second-order valence-corrected chi connectivity index (χ2v) is 4.59. The molecule has 2 atom stereocenters. The van der Waals surface area contributed by atoms with E-state index in [0.717, 1.165) is 19.5 Å². The highest BCUT2D eigenvalue weighted by Gasteiger charge is 2.38. The van der Waals surface area contributed by atoms with Gasteiger partial charge in [0.05, 0.1) is 19.8 Å². The van der Waals surface area contributed by atoms with Gasteiger partial charge in [-0.2, -0.15) is 0 Å². The van der Waals surface area contributed by atoms with Crippen LogP contribution in [0.2, 0.25) is 0 Å². The van der Waals surface area contributed by atoms with Crippen LogP contribution in [0, 0.1) is 0 Å². The fraction of sp³-hybridized carbons (Fsp3) is 0.818. The number of nitrogens with zero attached hydrogens (tertiary/aromatic N) is 2. The standard InChI is InChI=1S/C11H18N2O4/c1-17-11(16)9-5-8(14)6-13(9)7-10(15)12-3-2-4-12/h8-9,14H,2-7H2,1H3. The molecule has 0 aromatic carbocycles. The number of likely N-dealkylation sites (tertiary alicyclic amines) is 2. The van der Waals surface area contributed by atoms with E-state index in [0.29, 0.717) is 13.0 Å². The molecule has 2 saturated heterocycles. The highest BCUT2D eigenvalue weighted by Crippen LogP contribution is 2.19. The Labute approximate surface area is 100 Å². The van der Waals surface area contributed by atoms with Gasteiger partial charge >= 0.3 is 5.97 Å². The van der Waals surface area contributed by atoms with Gasteiger partial charge in [-0.3, -0.25) is 14.5 Å². The van der Waals surface area contributed by atoms with E-state index in [1.165, 1.54) is 7.11 Å². The number of aliphatic hydroxyl groups is 1. The molecule has 17 heavy (non-hydrogen) atoms. The maximum absolute atomic E-state index is 11.8. The average molecular weight is 242 g/mol. The predicted octanol–water partition coefficient (Wildman–Crippen LogP) is -1.17. The Morgan fingerprint density at radius 1 is 1.41 bits per heavy atom. The average Bonchev–Trinajstić information content (AvgIpc) is 2.55. The second-order valence-electron chi connectivity index (χ2n) is 4.59. The van der Waals surface area contributed by atoms with Gasteiger partial charge in [0.15, 0.2) is 0 Å². The molecule has 1 N–H and O–H groups in total. The lowest BCUT2D eigenvalue weighted by Crippen LogP contribution is -2.49. The van der Waals surface area contributed by atoms with Gasteiger partial charge < -0.3 is 14.7 Å². The first-order chi connectivity index (χ1) is 8.11. The lowest BCUT2D eigenvalue weighted by molar-refractivity contribution is -0.147. The molecular formula is C11H18N2O4. The number of ether oxygens (including phenoxy) is 1. The zero-order valence-electron chi connectivity index (χ0n) is 9.96. The number of esters is 1. The first-order valence-corrected chi connectivity index (χ1v) is 5.89. The van der Waals surface area contributed by atoms with E-state index in [4.69, 9.17) is 0 Å². The normalized spacial score (nSPS) is 28.9. The summed E-state index contributed by atoms with van der Waals surface area (Å²) in [5.74, 6) is -0.350. The van der Waals surface area contributed by atoms with Crippen molar-refractivity contribution in [3.8, 4) is 0 Å². The van der Waals surface area contributed by atoms with Gasteiger partial charge in [0.25, 0.3) is 0 Å². The van der Waals surface area contributed by atoms with E-state index >= 15 is 0 Å². The summed E-state index contributed by atoms with van der Waals surface area (Å²) >= 11 is 0. The highest BCUT2D eigenvalue weighted by molar-refractivity contribution is 5.81. The van der Waals surface area contributed by atoms with Crippen molar-refractivity contribution >= 4 is 11.9 Å².